The van der Waals surface area contributed by atoms with Crippen molar-refractivity contribution in [2.75, 3.05) is 33.9 Å². The van der Waals surface area contributed by atoms with Crippen molar-refractivity contribution in [3.8, 4) is 11.5 Å². The molecule has 0 fully saturated rings. The summed E-state index contributed by atoms with van der Waals surface area (Å²) in [4.78, 5) is 4.54. The van der Waals surface area contributed by atoms with Gasteiger partial charge in [-0.1, -0.05) is 6.07 Å². The van der Waals surface area contributed by atoms with Crippen LogP contribution in [0, 0.1) is 0 Å². The summed E-state index contributed by atoms with van der Waals surface area (Å²) in [6.45, 7) is 5.55. The summed E-state index contributed by atoms with van der Waals surface area (Å²) in [5, 5.41) is 21.1. The number of hydrogen-bond donors (Lipinski definition) is 3. The van der Waals surface area contributed by atoms with Gasteiger partial charge in [0.25, 0.3) is 0 Å². The summed E-state index contributed by atoms with van der Waals surface area (Å²) in [6.07, 6.45) is 0.811. The second-order valence-electron chi connectivity index (χ2n) is 6.35. The van der Waals surface area contributed by atoms with Crippen molar-refractivity contribution in [1.29, 1.82) is 0 Å². The van der Waals surface area contributed by atoms with E-state index >= 15 is 0 Å². The van der Waals surface area contributed by atoms with Crippen molar-refractivity contribution in [2.24, 2.45) is 4.99 Å². The Morgan fingerprint density at radius 2 is 1.96 bits per heavy atom. The number of hydrogen-bond acceptors (Lipinski definition) is 5. The number of rotatable bonds is 9. The maximum absolute atomic E-state index is 10.6. The molecule has 0 radical (unpaired) electrons. The fraction of sp³-hybridized carbons (Fsp3) is 0.450. The van der Waals surface area contributed by atoms with Gasteiger partial charge in [-0.05, 0) is 60.4 Å². The van der Waals surface area contributed by atoms with E-state index < -0.39 is 5.60 Å². The number of guanidine groups is 1. The topological polar surface area (TPSA) is 75.1 Å². The van der Waals surface area contributed by atoms with E-state index in [1.54, 1.807) is 32.5 Å². The number of nitrogens with zero attached hydrogens (tertiary/aromatic N) is 1. The summed E-state index contributed by atoms with van der Waals surface area (Å²) in [7, 11) is 3.26. The van der Waals surface area contributed by atoms with Crippen LogP contribution in [-0.2, 0) is 12.0 Å². The van der Waals surface area contributed by atoms with Gasteiger partial charge in [0.1, 0.15) is 5.60 Å². The number of thiophene rings is 1. The molecule has 148 valence electrons. The normalized spacial score (nSPS) is 13.7. The highest BCUT2D eigenvalue weighted by Gasteiger charge is 2.23. The first-order valence-electron chi connectivity index (χ1n) is 8.98. The Bertz CT molecular complexity index is 730. The van der Waals surface area contributed by atoms with Gasteiger partial charge in [0.05, 0.1) is 20.8 Å². The van der Waals surface area contributed by atoms with E-state index in [4.69, 9.17) is 9.47 Å². The summed E-state index contributed by atoms with van der Waals surface area (Å²) in [5.74, 6) is 2.13. The highest BCUT2D eigenvalue weighted by Crippen LogP contribution is 2.27. The Morgan fingerprint density at radius 1 is 1.19 bits per heavy atom. The maximum atomic E-state index is 10.6. The number of aliphatic imine (C=N–C) groups is 1. The lowest BCUT2D eigenvalue weighted by molar-refractivity contribution is 0.0677. The number of methoxy groups -OCH3 is 2. The molecule has 0 aliphatic rings. The van der Waals surface area contributed by atoms with Crippen LogP contribution in [0.2, 0.25) is 0 Å². The number of aliphatic hydroxyl groups is 1. The first-order valence-corrected chi connectivity index (χ1v) is 9.92. The molecule has 0 saturated carbocycles. The van der Waals surface area contributed by atoms with Crippen molar-refractivity contribution in [1.82, 2.24) is 10.6 Å². The first kappa shape index (κ1) is 21.1. The number of benzene rings is 1. The molecule has 7 heteroatoms. The van der Waals surface area contributed by atoms with Crippen LogP contribution in [0.25, 0.3) is 0 Å². The van der Waals surface area contributed by atoms with Gasteiger partial charge in [-0.25, -0.2) is 4.99 Å². The standard InChI is InChI=1S/C20H29N3O3S/c1-5-21-19(23-14-20(2,24)16-9-11-27-13-16)22-10-8-15-6-7-17(25-3)18(12-15)26-4/h6-7,9,11-13,24H,5,8,10,14H2,1-4H3,(H2,21,22,23). The van der Waals surface area contributed by atoms with E-state index in [-0.39, 0.29) is 6.54 Å². The van der Waals surface area contributed by atoms with Crippen LogP contribution in [0.1, 0.15) is 25.0 Å². The van der Waals surface area contributed by atoms with Crippen LogP contribution in [-0.4, -0.2) is 44.9 Å². The van der Waals surface area contributed by atoms with Gasteiger partial charge >= 0.3 is 0 Å². The van der Waals surface area contributed by atoms with Crippen molar-refractivity contribution in [3.05, 3.63) is 46.2 Å². The highest BCUT2D eigenvalue weighted by atomic mass is 32.1. The van der Waals surface area contributed by atoms with E-state index in [2.05, 4.69) is 15.6 Å². The van der Waals surface area contributed by atoms with Crippen molar-refractivity contribution >= 4 is 17.3 Å². The minimum atomic E-state index is -0.980. The van der Waals surface area contributed by atoms with Crippen LogP contribution in [0.3, 0.4) is 0 Å². The molecule has 3 N–H and O–H groups in total. The minimum Gasteiger partial charge on any atom is -0.493 e. The fourth-order valence-corrected chi connectivity index (χ4v) is 3.38. The molecule has 0 spiro atoms. The molecule has 27 heavy (non-hydrogen) atoms. The molecule has 0 amide bonds. The Kier molecular flexibility index (Phi) is 7.94. The third-order valence-corrected chi connectivity index (χ3v) is 4.87. The van der Waals surface area contributed by atoms with Crippen molar-refractivity contribution in [2.45, 2.75) is 25.9 Å². The molecule has 0 aliphatic carbocycles. The van der Waals surface area contributed by atoms with E-state index in [0.717, 1.165) is 35.6 Å². The number of ether oxygens (including phenoxy) is 2. The second-order valence-corrected chi connectivity index (χ2v) is 7.13. The molecular weight excluding hydrogens is 362 g/mol. The van der Waals surface area contributed by atoms with Gasteiger partial charge in [-0.3, -0.25) is 0 Å². The van der Waals surface area contributed by atoms with Crippen LogP contribution in [0.5, 0.6) is 11.5 Å². The van der Waals surface area contributed by atoms with Crippen LogP contribution in [0.4, 0.5) is 0 Å². The Hall–Kier alpha value is -2.25. The van der Waals surface area contributed by atoms with Crippen LogP contribution < -0.4 is 20.1 Å². The van der Waals surface area contributed by atoms with Gasteiger partial charge < -0.3 is 25.2 Å². The summed E-state index contributed by atoms with van der Waals surface area (Å²) in [5.41, 5.74) is 1.05. The molecule has 1 atom stereocenters. The van der Waals surface area contributed by atoms with E-state index in [0.29, 0.717) is 12.5 Å². The lowest BCUT2D eigenvalue weighted by atomic mass is 10.00. The molecular formula is C20H29N3O3S. The average molecular weight is 392 g/mol. The third kappa shape index (κ3) is 6.15. The monoisotopic (exact) mass is 391 g/mol. The van der Waals surface area contributed by atoms with Crippen molar-refractivity contribution in [3.63, 3.8) is 0 Å². The SMILES string of the molecule is CCNC(=NCC(C)(O)c1ccsc1)NCCc1ccc(OC)c(OC)c1. The predicted molar refractivity (Wildman–Crippen MR) is 111 cm³/mol. The van der Waals surface area contributed by atoms with E-state index in [9.17, 15) is 5.11 Å². The second kappa shape index (κ2) is 10.2. The molecule has 1 heterocycles. The summed E-state index contributed by atoms with van der Waals surface area (Å²) >= 11 is 1.57. The van der Waals surface area contributed by atoms with Gasteiger partial charge in [0.2, 0.25) is 0 Å². The molecule has 2 rings (SSSR count). The largest absolute Gasteiger partial charge is 0.493 e. The molecule has 0 bridgehead atoms. The fourth-order valence-electron chi connectivity index (χ4n) is 2.60. The van der Waals surface area contributed by atoms with Gasteiger partial charge in [-0.15, -0.1) is 0 Å². The molecule has 0 saturated heterocycles. The van der Waals surface area contributed by atoms with E-state index in [1.807, 2.05) is 41.9 Å². The molecule has 1 unspecified atom stereocenters. The molecule has 1 aromatic heterocycles. The zero-order valence-corrected chi connectivity index (χ0v) is 17.2. The maximum Gasteiger partial charge on any atom is 0.191 e. The Balaban J connectivity index is 1.94. The summed E-state index contributed by atoms with van der Waals surface area (Å²) < 4.78 is 10.6. The van der Waals surface area contributed by atoms with E-state index in [1.165, 1.54) is 0 Å². The predicted octanol–water partition coefficient (Wildman–Crippen LogP) is 2.77. The molecule has 1 aromatic carbocycles. The van der Waals surface area contributed by atoms with Gasteiger partial charge in [0.15, 0.2) is 17.5 Å². The summed E-state index contributed by atoms with van der Waals surface area (Å²) in [6, 6.07) is 7.84. The highest BCUT2D eigenvalue weighted by molar-refractivity contribution is 7.08. The zero-order valence-electron chi connectivity index (χ0n) is 16.4. The zero-order chi connectivity index (χ0) is 19.7. The third-order valence-electron chi connectivity index (χ3n) is 4.19. The van der Waals surface area contributed by atoms with Crippen molar-refractivity contribution < 1.29 is 14.6 Å². The minimum absolute atomic E-state index is 0.287. The quantitative estimate of drug-likeness (QED) is 0.453. The van der Waals surface area contributed by atoms with Crippen LogP contribution >= 0.6 is 11.3 Å². The lowest BCUT2D eigenvalue weighted by Crippen LogP contribution is -2.39. The van der Waals surface area contributed by atoms with Crippen LogP contribution in [0.15, 0.2) is 40.0 Å². The first-order chi connectivity index (χ1) is 13.0. The molecule has 0 aliphatic heterocycles. The molecule has 2 aromatic rings. The molecule has 6 nitrogen and oxygen atoms in total. The Labute approximate surface area is 165 Å². The van der Waals surface area contributed by atoms with Gasteiger partial charge in [0, 0.05) is 13.1 Å². The van der Waals surface area contributed by atoms with Gasteiger partial charge in [-0.2, -0.15) is 11.3 Å². The smallest absolute Gasteiger partial charge is 0.191 e. The Morgan fingerprint density at radius 3 is 2.59 bits per heavy atom. The lowest BCUT2D eigenvalue weighted by Gasteiger charge is -2.21. The average Bonchev–Trinajstić information content (AvgIpc) is 3.22. The number of nitrogens with one attached hydrogen (secondary N) is 2.